The number of hydrogen-bond acceptors (Lipinski definition) is 4. The summed E-state index contributed by atoms with van der Waals surface area (Å²) >= 11 is 0. The molecule has 2 saturated carbocycles. The van der Waals surface area contributed by atoms with Crippen LogP contribution in [0.3, 0.4) is 0 Å². The van der Waals surface area contributed by atoms with Gasteiger partial charge >= 0.3 is 5.97 Å². The number of benzene rings is 1. The molecule has 2 atom stereocenters. The number of para-hydroxylation sites is 1. The zero-order valence-electron chi connectivity index (χ0n) is 14.3. The van der Waals surface area contributed by atoms with Crippen molar-refractivity contribution in [3.63, 3.8) is 0 Å². The minimum absolute atomic E-state index is 0.187. The number of nitrogens with zero attached hydrogens (tertiary/aromatic N) is 1. The van der Waals surface area contributed by atoms with Crippen LogP contribution in [-0.4, -0.2) is 16.7 Å². The molecule has 4 heteroatoms. The van der Waals surface area contributed by atoms with Gasteiger partial charge in [-0.3, -0.25) is 14.6 Å². The van der Waals surface area contributed by atoms with Crippen LogP contribution in [0.1, 0.15) is 40.0 Å². The Labute approximate surface area is 141 Å². The highest BCUT2D eigenvalue weighted by Crippen LogP contribution is 2.70. The standard InChI is InChI=1S/C20H21NO3/c1-18(2)19(3)9-10-20(18,12-15(19)22)17(23)24-14-8-4-6-13-7-5-11-21-16(13)14/h4-8,11H,9-10,12H2,1-3H3/t19-,20-/m0/s1. The van der Waals surface area contributed by atoms with E-state index in [2.05, 4.69) is 4.98 Å². The van der Waals surface area contributed by atoms with E-state index in [0.29, 0.717) is 17.7 Å². The molecule has 0 radical (unpaired) electrons. The van der Waals surface area contributed by atoms with Gasteiger partial charge in [0.2, 0.25) is 0 Å². The Kier molecular flexibility index (Phi) is 2.97. The summed E-state index contributed by atoms with van der Waals surface area (Å²) < 4.78 is 5.81. The molecule has 2 bridgehead atoms. The first kappa shape index (κ1) is 15.3. The third-order valence-electron chi connectivity index (χ3n) is 6.89. The highest BCUT2D eigenvalue weighted by molar-refractivity contribution is 5.99. The van der Waals surface area contributed by atoms with Gasteiger partial charge in [-0.1, -0.05) is 39.0 Å². The molecule has 2 aromatic rings. The van der Waals surface area contributed by atoms with Crippen LogP contribution in [0.5, 0.6) is 5.75 Å². The van der Waals surface area contributed by atoms with Crippen molar-refractivity contribution in [2.45, 2.75) is 40.0 Å². The second kappa shape index (κ2) is 4.65. The molecule has 4 nitrogen and oxygen atoms in total. The van der Waals surface area contributed by atoms with Crippen molar-refractivity contribution >= 4 is 22.7 Å². The third kappa shape index (κ3) is 1.66. The minimum atomic E-state index is -0.726. The summed E-state index contributed by atoms with van der Waals surface area (Å²) in [5, 5.41) is 0.929. The number of ketones is 1. The second-order valence-corrected chi connectivity index (χ2v) is 7.86. The number of fused-ring (bicyclic) bond motifs is 3. The zero-order chi connectivity index (χ0) is 17.2. The number of aromatic nitrogens is 1. The Morgan fingerprint density at radius 2 is 1.88 bits per heavy atom. The van der Waals surface area contributed by atoms with Crippen molar-refractivity contribution in [2.75, 3.05) is 0 Å². The van der Waals surface area contributed by atoms with Crippen molar-refractivity contribution in [1.82, 2.24) is 4.98 Å². The zero-order valence-corrected chi connectivity index (χ0v) is 14.3. The van der Waals surface area contributed by atoms with E-state index in [-0.39, 0.29) is 18.2 Å². The van der Waals surface area contributed by atoms with Gasteiger partial charge in [0.25, 0.3) is 0 Å². The molecule has 1 aromatic carbocycles. The summed E-state index contributed by atoms with van der Waals surface area (Å²) in [5.74, 6) is 0.364. The summed E-state index contributed by atoms with van der Waals surface area (Å²) in [6, 6.07) is 9.35. The van der Waals surface area contributed by atoms with Crippen LogP contribution in [0, 0.1) is 16.2 Å². The van der Waals surface area contributed by atoms with E-state index >= 15 is 0 Å². The van der Waals surface area contributed by atoms with Crippen LogP contribution in [0.25, 0.3) is 10.9 Å². The Balaban J connectivity index is 1.74. The number of Topliss-reactive ketones (excluding diaryl/α,β-unsaturated/α-hetero) is 1. The Hall–Kier alpha value is -2.23. The summed E-state index contributed by atoms with van der Waals surface area (Å²) in [6.07, 6.45) is 3.43. The van der Waals surface area contributed by atoms with Crippen LogP contribution in [0.15, 0.2) is 36.5 Å². The van der Waals surface area contributed by atoms with Gasteiger partial charge < -0.3 is 4.74 Å². The fraction of sp³-hybridized carbons (Fsp3) is 0.450. The lowest BCUT2D eigenvalue weighted by molar-refractivity contribution is -0.151. The van der Waals surface area contributed by atoms with E-state index in [9.17, 15) is 9.59 Å². The van der Waals surface area contributed by atoms with Gasteiger partial charge in [0, 0.05) is 23.4 Å². The van der Waals surface area contributed by atoms with Crippen molar-refractivity contribution in [2.24, 2.45) is 16.2 Å². The molecule has 0 N–H and O–H groups in total. The first-order chi connectivity index (χ1) is 11.3. The Bertz CT molecular complexity index is 867. The maximum atomic E-state index is 13.1. The monoisotopic (exact) mass is 323 g/mol. The highest BCUT2D eigenvalue weighted by Gasteiger charge is 2.73. The maximum absolute atomic E-state index is 13.1. The molecule has 0 saturated heterocycles. The van der Waals surface area contributed by atoms with Gasteiger partial charge in [0.1, 0.15) is 11.3 Å². The van der Waals surface area contributed by atoms with E-state index in [1.54, 1.807) is 12.3 Å². The third-order valence-corrected chi connectivity index (χ3v) is 6.89. The van der Waals surface area contributed by atoms with E-state index in [4.69, 9.17) is 4.74 Å². The predicted octanol–water partition coefficient (Wildman–Crippen LogP) is 3.93. The van der Waals surface area contributed by atoms with Crippen LogP contribution >= 0.6 is 0 Å². The molecular weight excluding hydrogens is 302 g/mol. The van der Waals surface area contributed by atoms with Crippen LogP contribution < -0.4 is 4.74 Å². The molecule has 1 heterocycles. The number of carbonyl (C=O) groups excluding carboxylic acids is 2. The van der Waals surface area contributed by atoms with Crippen molar-refractivity contribution in [3.8, 4) is 5.75 Å². The normalized spacial score (nSPS) is 30.7. The number of rotatable bonds is 2. The molecule has 0 aliphatic heterocycles. The highest BCUT2D eigenvalue weighted by atomic mass is 16.5. The maximum Gasteiger partial charge on any atom is 0.318 e. The molecule has 1 aromatic heterocycles. The van der Waals surface area contributed by atoms with Gasteiger partial charge in [-0.05, 0) is 30.4 Å². The largest absolute Gasteiger partial charge is 0.424 e. The van der Waals surface area contributed by atoms with Gasteiger partial charge in [-0.15, -0.1) is 0 Å². The summed E-state index contributed by atoms with van der Waals surface area (Å²) in [7, 11) is 0. The van der Waals surface area contributed by atoms with Crippen LogP contribution in [0.4, 0.5) is 0 Å². The Morgan fingerprint density at radius 1 is 1.12 bits per heavy atom. The fourth-order valence-electron chi connectivity index (χ4n) is 4.67. The number of hydrogen-bond donors (Lipinski definition) is 0. The average Bonchev–Trinajstić information content (AvgIpc) is 2.85. The van der Waals surface area contributed by atoms with Crippen molar-refractivity contribution in [3.05, 3.63) is 36.5 Å². The lowest BCUT2D eigenvalue weighted by Crippen LogP contribution is -2.42. The first-order valence-corrected chi connectivity index (χ1v) is 8.41. The van der Waals surface area contributed by atoms with E-state index < -0.39 is 16.2 Å². The van der Waals surface area contributed by atoms with Crippen LogP contribution in [-0.2, 0) is 9.59 Å². The number of ether oxygens (including phenoxy) is 1. The summed E-state index contributed by atoms with van der Waals surface area (Å²) in [4.78, 5) is 30.0. The molecule has 24 heavy (non-hydrogen) atoms. The SMILES string of the molecule is CC1(C)[C@@]2(C(=O)Oc3cccc4cccnc34)CC[C@@]1(C)C(=O)C2. The predicted molar refractivity (Wildman–Crippen MR) is 90.6 cm³/mol. The van der Waals surface area contributed by atoms with Gasteiger partial charge in [0.05, 0.1) is 5.41 Å². The summed E-state index contributed by atoms with van der Waals surface area (Å²) in [5.41, 5.74) is -0.877. The lowest BCUT2D eigenvalue weighted by atomic mass is 9.65. The molecule has 0 spiro atoms. The number of esters is 1. The molecular formula is C20H21NO3. The van der Waals surface area contributed by atoms with E-state index in [1.165, 1.54) is 0 Å². The number of pyridine rings is 1. The second-order valence-electron chi connectivity index (χ2n) is 7.86. The quantitative estimate of drug-likeness (QED) is 0.621. The molecule has 4 rings (SSSR count). The molecule has 2 aliphatic rings. The lowest BCUT2D eigenvalue weighted by Gasteiger charge is -2.37. The van der Waals surface area contributed by atoms with E-state index in [1.807, 2.05) is 45.0 Å². The van der Waals surface area contributed by atoms with Crippen molar-refractivity contribution in [1.29, 1.82) is 0 Å². The smallest absolute Gasteiger partial charge is 0.318 e. The molecule has 2 fully saturated rings. The fourth-order valence-corrected chi connectivity index (χ4v) is 4.67. The van der Waals surface area contributed by atoms with Gasteiger partial charge in [0.15, 0.2) is 5.75 Å². The first-order valence-electron chi connectivity index (χ1n) is 8.41. The summed E-state index contributed by atoms with van der Waals surface area (Å²) in [6.45, 7) is 6.07. The van der Waals surface area contributed by atoms with Crippen molar-refractivity contribution < 1.29 is 14.3 Å². The van der Waals surface area contributed by atoms with Gasteiger partial charge in [-0.25, -0.2) is 0 Å². The molecule has 0 unspecified atom stereocenters. The molecule has 0 amide bonds. The van der Waals surface area contributed by atoms with Gasteiger partial charge in [-0.2, -0.15) is 0 Å². The van der Waals surface area contributed by atoms with Crippen LogP contribution in [0.2, 0.25) is 0 Å². The minimum Gasteiger partial charge on any atom is -0.424 e. The molecule has 2 aliphatic carbocycles. The van der Waals surface area contributed by atoms with E-state index in [0.717, 1.165) is 11.8 Å². The molecule has 124 valence electrons. The average molecular weight is 323 g/mol. The Morgan fingerprint density at radius 3 is 2.54 bits per heavy atom. The number of carbonyl (C=O) groups is 2. The topological polar surface area (TPSA) is 56.3 Å².